The highest BCUT2D eigenvalue weighted by Gasteiger charge is 2.52. The fourth-order valence-electron chi connectivity index (χ4n) is 2.29. The molecular weight excluding hydrogens is 186 g/mol. The van der Waals surface area contributed by atoms with Gasteiger partial charge in [0.15, 0.2) is 0 Å². The van der Waals surface area contributed by atoms with Gasteiger partial charge in [0, 0.05) is 4.91 Å². The van der Waals surface area contributed by atoms with E-state index in [1.165, 1.54) is 7.11 Å². The summed E-state index contributed by atoms with van der Waals surface area (Å²) in [5, 5.41) is 3.61. The number of nitrogens with zero attached hydrogens (tertiary/aromatic N) is 3. The lowest BCUT2D eigenvalue weighted by Crippen LogP contribution is -2.36. The number of azide groups is 1. The van der Waals surface area contributed by atoms with Gasteiger partial charge in [-0.2, -0.15) is 0 Å². The molecule has 0 N–H and O–H groups in total. The quantitative estimate of drug-likeness (QED) is 0.286. The summed E-state index contributed by atoms with van der Waals surface area (Å²) >= 11 is 0. The monoisotopic (exact) mass is 197 g/mol. The number of methoxy groups -OCH3 is 1. The van der Waals surface area contributed by atoms with Gasteiger partial charge in [-0.25, -0.2) is 0 Å². The Balaban J connectivity index is 2.21. The number of ether oxygens (including phenoxy) is 2. The summed E-state index contributed by atoms with van der Waals surface area (Å²) in [7, 11) is 1.33. The molecule has 0 aromatic rings. The average Bonchev–Trinajstić information content (AvgIpc) is 2.77. The van der Waals surface area contributed by atoms with Crippen LogP contribution in [0.4, 0.5) is 0 Å². The Morgan fingerprint density at radius 2 is 2.29 bits per heavy atom. The van der Waals surface area contributed by atoms with Crippen molar-refractivity contribution in [3.05, 3.63) is 10.4 Å². The van der Waals surface area contributed by atoms with Crippen LogP contribution in [0.3, 0.4) is 0 Å². The van der Waals surface area contributed by atoms with Crippen molar-refractivity contribution < 1.29 is 14.3 Å². The van der Waals surface area contributed by atoms with Gasteiger partial charge in [-0.15, -0.1) is 0 Å². The van der Waals surface area contributed by atoms with Crippen LogP contribution in [0.2, 0.25) is 0 Å². The first-order valence-electron chi connectivity index (χ1n) is 4.55. The number of carbonyl (C=O) groups excluding carboxylic acids is 1. The van der Waals surface area contributed by atoms with Crippen LogP contribution in [0, 0.1) is 5.92 Å². The van der Waals surface area contributed by atoms with Gasteiger partial charge in [0.2, 0.25) is 0 Å². The molecule has 4 atom stereocenters. The molecule has 0 aliphatic carbocycles. The van der Waals surface area contributed by atoms with E-state index in [0.29, 0.717) is 0 Å². The molecule has 2 aliphatic rings. The second-order valence-electron chi connectivity index (χ2n) is 3.53. The molecule has 0 aromatic heterocycles. The molecule has 0 radical (unpaired) electrons. The second-order valence-corrected chi connectivity index (χ2v) is 3.53. The summed E-state index contributed by atoms with van der Waals surface area (Å²) in [6.07, 6.45) is 1.49. The minimum Gasteiger partial charge on any atom is -0.469 e. The molecular formula is C8H11N3O3. The molecule has 76 valence electrons. The molecule has 6 nitrogen and oxygen atoms in total. The van der Waals surface area contributed by atoms with E-state index < -0.39 is 5.92 Å². The zero-order valence-electron chi connectivity index (χ0n) is 7.79. The Labute approximate surface area is 80.8 Å². The normalized spacial score (nSPS) is 39.2. The van der Waals surface area contributed by atoms with Crippen molar-refractivity contribution in [2.24, 2.45) is 11.0 Å². The van der Waals surface area contributed by atoms with Gasteiger partial charge in [-0.05, 0) is 18.4 Å². The number of rotatable bonds is 2. The van der Waals surface area contributed by atoms with Gasteiger partial charge >= 0.3 is 5.97 Å². The van der Waals surface area contributed by atoms with E-state index in [0.717, 1.165) is 12.8 Å². The summed E-state index contributed by atoms with van der Waals surface area (Å²) in [6.45, 7) is 0. The largest absolute Gasteiger partial charge is 0.469 e. The molecule has 2 aliphatic heterocycles. The zero-order chi connectivity index (χ0) is 10.1. The maximum absolute atomic E-state index is 11.4. The Morgan fingerprint density at radius 3 is 2.93 bits per heavy atom. The number of esters is 1. The van der Waals surface area contributed by atoms with E-state index in [-0.39, 0.29) is 24.2 Å². The van der Waals surface area contributed by atoms with Crippen molar-refractivity contribution >= 4 is 5.97 Å². The third-order valence-corrected chi connectivity index (χ3v) is 2.89. The van der Waals surface area contributed by atoms with E-state index in [2.05, 4.69) is 14.8 Å². The van der Waals surface area contributed by atoms with Crippen LogP contribution in [0.1, 0.15) is 12.8 Å². The predicted octanol–water partition coefficient (Wildman–Crippen LogP) is 1.02. The van der Waals surface area contributed by atoms with Crippen molar-refractivity contribution in [2.45, 2.75) is 31.1 Å². The Morgan fingerprint density at radius 1 is 1.57 bits per heavy atom. The minimum atomic E-state index is -0.408. The highest BCUT2D eigenvalue weighted by molar-refractivity contribution is 5.74. The summed E-state index contributed by atoms with van der Waals surface area (Å²) in [5.74, 6) is -0.746. The molecule has 4 unspecified atom stereocenters. The van der Waals surface area contributed by atoms with E-state index in [4.69, 9.17) is 10.3 Å². The predicted molar refractivity (Wildman–Crippen MR) is 46.3 cm³/mol. The van der Waals surface area contributed by atoms with Crippen LogP contribution < -0.4 is 0 Å². The summed E-state index contributed by atoms with van der Waals surface area (Å²) in [4.78, 5) is 14.1. The lowest BCUT2D eigenvalue weighted by Gasteiger charge is -2.21. The summed E-state index contributed by atoms with van der Waals surface area (Å²) < 4.78 is 10.2. The third kappa shape index (κ3) is 1.23. The van der Waals surface area contributed by atoms with Crippen molar-refractivity contribution in [1.82, 2.24) is 0 Å². The zero-order valence-corrected chi connectivity index (χ0v) is 7.79. The third-order valence-electron chi connectivity index (χ3n) is 2.89. The highest BCUT2D eigenvalue weighted by Crippen LogP contribution is 2.41. The highest BCUT2D eigenvalue weighted by atomic mass is 16.5. The van der Waals surface area contributed by atoms with E-state index in [9.17, 15) is 4.79 Å². The van der Waals surface area contributed by atoms with Gasteiger partial charge in [-0.3, -0.25) is 4.79 Å². The smallest absolute Gasteiger partial charge is 0.311 e. The number of hydrogen-bond donors (Lipinski definition) is 0. The van der Waals surface area contributed by atoms with Crippen LogP contribution in [0.15, 0.2) is 5.11 Å². The molecule has 0 spiro atoms. The van der Waals surface area contributed by atoms with Crippen LogP contribution in [-0.4, -0.2) is 31.3 Å². The summed E-state index contributed by atoms with van der Waals surface area (Å²) in [6, 6.07) is -0.383. The molecule has 6 heteroatoms. The fourth-order valence-corrected chi connectivity index (χ4v) is 2.29. The van der Waals surface area contributed by atoms with Crippen molar-refractivity contribution in [3.63, 3.8) is 0 Å². The van der Waals surface area contributed by atoms with Crippen LogP contribution >= 0.6 is 0 Å². The summed E-state index contributed by atoms with van der Waals surface area (Å²) in [5.41, 5.74) is 8.38. The average molecular weight is 197 g/mol. The molecule has 0 saturated carbocycles. The molecule has 0 amide bonds. The minimum absolute atomic E-state index is 0.0972. The Bertz CT molecular complexity index is 300. The SMILES string of the molecule is COC(=O)C1C2CCC(O2)C1N=[N+]=[N-]. The molecule has 2 bridgehead atoms. The second kappa shape index (κ2) is 3.48. The maximum atomic E-state index is 11.4. The van der Waals surface area contributed by atoms with Gasteiger partial charge in [0.1, 0.15) is 0 Å². The van der Waals surface area contributed by atoms with Gasteiger partial charge in [-0.1, -0.05) is 5.11 Å². The molecule has 14 heavy (non-hydrogen) atoms. The first kappa shape index (κ1) is 9.30. The first-order valence-corrected chi connectivity index (χ1v) is 4.55. The lowest BCUT2D eigenvalue weighted by molar-refractivity contribution is -0.147. The molecule has 2 fully saturated rings. The van der Waals surface area contributed by atoms with Crippen LogP contribution in [0.5, 0.6) is 0 Å². The van der Waals surface area contributed by atoms with Gasteiger partial charge < -0.3 is 9.47 Å². The van der Waals surface area contributed by atoms with Gasteiger partial charge in [0.05, 0.1) is 31.3 Å². The van der Waals surface area contributed by atoms with Gasteiger partial charge in [0.25, 0.3) is 0 Å². The van der Waals surface area contributed by atoms with E-state index in [1.54, 1.807) is 0 Å². The van der Waals surface area contributed by atoms with Crippen LogP contribution in [-0.2, 0) is 14.3 Å². The Hall–Kier alpha value is -1.26. The molecule has 2 heterocycles. The maximum Gasteiger partial charge on any atom is 0.311 e. The molecule has 2 rings (SSSR count). The van der Waals surface area contributed by atoms with Crippen molar-refractivity contribution in [2.75, 3.05) is 7.11 Å². The van der Waals surface area contributed by atoms with E-state index in [1.807, 2.05) is 0 Å². The Kier molecular flexibility index (Phi) is 2.31. The standard InChI is InChI=1S/C8H11N3O3/c1-13-8(12)6-4-2-3-5(14-4)7(6)10-11-9/h4-7H,2-3H2,1H3. The number of hydrogen-bond acceptors (Lipinski definition) is 4. The first-order chi connectivity index (χ1) is 6.77. The van der Waals surface area contributed by atoms with E-state index >= 15 is 0 Å². The number of fused-ring (bicyclic) bond motifs is 2. The molecule has 0 aromatic carbocycles. The topological polar surface area (TPSA) is 84.3 Å². The number of carbonyl (C=O) groups is 1. The van der Waals surface area contributed by atoms with Crippen molar-refractivity contribution in [1.29, 1.82) is 0 Å². The molecule has 2 saturated heterocycles. The lowest BCUT2D eigenvalue weighted by atomic mass is 9.85. The fraction of sp³-hybridized carbons (Fsp3) is 0.875. The van der Waals surface area contributed by atoms with Crippen molar-refractivity contribution in [3.8, 4) is 0 Å². The van der Waals surface area contributed by atoms with Crippen LogP contribution in [0.25, 0.3) is 10.4 Å².